The second-order valence-electron chi connectivity index (χ2n) is 8.11. The number of aromatic hydroxyl groups is 1. The quantitative estimate of drug-likeness (QED) is 0.469. The molecule has 0 atom stereocenters. The first-order valence-electron chi connectivity index (χ1n) is 10.9. The number of carbonyl (C=O) groups is 1. The third kappa shape index (κ3) is 4.78. The number of hydrogen-bond donors (Lipinski definition) is 1. The molecule has 1 saturated heterocycles. The smallest absolute Gasteiger partial charge is 0.336 e. The monoisotopic (exact) mass is 436 g/mol. The van der Waals surface area contributed by atoms with Gasteiger partial charge in [-0.25, -0.2) is 4.79 Å². The van der Waals surface area contributed by atoms with Crippen molar-refractivity contribution in [2.75, 3.05) is 37.7 Å². The molecule has 7 heteroatoms. The van der Waals surface area contributed by atoms with Crippen molar-refractivity contribution in [1.29, 1.82) is 0 Å². The zero-order valence-corrected chi connectivity index (χ0v) is 18.5. The Morgan fingerprint density at radius 1 is 1.09 bits per heavy atom. The minimum Gasteiger partial charge on any atom is -0.507 e. The lowest BCUT2D eigenvalue weighted by Crippen LogP contribution is -2.46. The third-order valence-electron chi connectivity index (χ3n) is 5.87. The first-order valence-corrected chi connectivity index (χ1v) is 10.9. The predicted octanol–water partition coefficient (Wildman–Crippen LogP) is 3.23. The largest absolute Gasteiger partial charge is 0.507 e. The van der Waals surface area contributed by atoms with Gasteiger partial charge in [-0.15, -0.1) is 0 Å². The van der Waals surface area contributed by atoms with E-state index in [1.807, 2.05) is 0 Å². The molecule has 1 N–H and O–H groups in total. The Balaban J connectivity index is 1.55. The Hall–Kier alpha value is -3.32. The number of piperazine rings is 1. The number of nitrogens with zero attached hydrogens (tertiary/aromatic N) is 2. The van der Waals surface area contributed by atoms with Gasteiger partial charge in [0.15, 0.2) is 0 Å². The summed E-state index contributed by atoms with van der Waals surface area (Å²) in [4.78, 5) is 28.8. The number of fused-ring (bicyclic) bond motifs is 1. The van der Waals surface area contributed by atoms with E-state index in [4.69, 9.17) is 9.15 Å². The van der Waals surface area contributed by atoms with E-state index >= 15 is 0 Å². The van der Waals surface area contributed by atoms with Crippen molar-refractivity contribution >= 4 is 22.6 Å². The van der Waals surface area contributed by atoms with Gasteiger partial charge < -0.3 is 19.2 Å². The average Bonchev–Trinajstić information content (AvgIpc) is 2.77. The van der Waals surface area contributed by atoms with E-state index in [1.54, 1.807) is 19.1 Å². The lowest BCUT2D eigenvalue weighted by Gasteiger charge is -2.36. The molecule has 0 saturated carbocycles. The minimum atomic E-state index is -0.548. The van der Waals surface area contributed by atoms with Crippen molar-refractivity contribution in [3.8, 4) is 5.75 Å². The highest BCUT2D eigenvalue weighted by Crippen LogP contribution is 2.30. The fraction of sp³-hybridized carbons (Fsp3) is 0.360. The van der Waals surface area contributed by atoms with Crippen LogP contribution in [-0.4, -0.2) is 48.8 Å². The SMILES string of the molecule is CCOC(=O)Cc1cc(=O)oc2c(CN3CCN(c4ccc(C)cc4)CC3)c(O)ccc12. The Bertz CT molecular complexity index is 1160. The number of phenolic OH excluding ortho intramolecular Hbond substituents is 1. The van der Waals surface area contributed by atoms with Gasteiger partial charge in [-0.05, 0) is 43.7 Å². The van der Waals surface area contributed by atoms with E-state index in [-0.39, 0.29) is 18.8 Å². The highest BCUT2D eigenvalue weighted by molar-refractivity contribution is 5.88. The number of hydrogen-bond acceptors (Lipinski definition) is 7. The van der Waals surface area contributed by atoms with Crippen molar-refractivity contribution in [3.63, 3.8) is 0 Å². The second-order valence-corrected chi connectivity index (χ2v) is 8.11. The molecule has 168 valence electrons. The van der Waals surface area contributed by atoms with Crippen LogP contribution >= 0.6 is 0 Å². The van der Waals surface area contributed by atoms with Crippen molar-refractivity contribution in [3.05, 3.63) is 69.6 Å². The van der Waals surface area contributed by atoms with Crippen molar-refractivity contribution < 1.29 is 19.1 Å². The zero-order valence-electron chi connectivity index (χ0n) is 18.5. The van der Waals surface area contributed by atoms with Crippen LogP contribution in [0.3, 0.4) is 0 Å². The normalized spacial score (nSPS) is 14.6. The summed E-state index contributed by atoms with van der Waals surface area (Å²) in [5, 5.41) is 11.2. The number of ether oxygens (including phenoxy) is 1. The lowest BCUT2D eigenvalue weighted by atomic mass is 10.0. The van der Waals surface area contributed by atoms with Gasteiger partial charge in [0.05, 0.1) is 18.6 Å². The molecule has 7 nitrogen and oxygen atoms in total. The number of aryl methyl sites for hydroxylation is 1. The zero-order chi connectivity index (χ0) is 22.7. The fourth-order valence-corrected chi connectivity index (χ4v) is 4.15. The number of anilines is 1. The topological polar surface area (TPSA) is 83.2 Å². The summed E-state index contributed by atoms with van der Waals surface area (Å²) in [6, 6.07) is 13.1. The molecule has 1 aromatic heterocycles. The molecule has 0 bridgehead atoms. The second kappa shape index (κ2) is 9.44. The summed E-state index contributed by atoms with van der Waals surface area (Å²) < 4.78 is 10.5. The molecule has 1 aliphatic heterocycles. The summed E-state index contributed by atoms with van der Waals surface area (Å²) in [6.07, 6.45) is -0.0185. The Morgan fingerprint density at radius 3 is 2.50 bits per heavy atom. The molecular formula is C25H28N2O5. The first-order chi connectivity index (χ1) is 15.4. The maximum atomic E-state index is 12.2. The molecule has 0 spiro atoms. The molecule has 1 aliphatic rings. The predicted molar refractivity (Wildman–Crippen MR) is 123 cm³/mol. The summed E-state index contributed by atoms with van der Waals surface area (Å²) in [6.45, 7) is 7.92. The van der Waals surface area contributed by atoms with Crippen LogP contribution in [0.4, 0.5) is 5.69 Å². The number of rotatable bonds is 6. The number of carbonyl (C=O) groups excluding carboxylic acids is 1. The fourth-order valence-electron chi connectivity index (χ4n) is 4.15. The van der Waals surface area contributed by atoms with Crippen LogP contribution in [0.1, 0.15) is 23.6 Å². The molecule has 0 radical (unpaired) electrons. The number of phenols is 1. The maximum absolute atomic E-state index is 12.2. The average molecular weight is 437 g/mol. The molecule has 4 rings (SSSR count). The van der Waals surface area contributed by atoms with Crippen LogP contribution in [0.2, 0.25) is 0 Å². The van der Waals surface area contributed by atoms with Gasteiger partial charge in [0, 0.05) is 49.9 Å². The molecule has 2 aromatic carbocycles. The van der Waals surface area contributed by atoms with Gasteiger partial charge in [0.25, 0.3) is 0 Å². The van der Waals surface area contributed by atoms with E-state index in [0.717, 1.165) is 26.2 Å². The lowest BCUT2D eigenvalue weighted by molar-refractivity contribution is -0.142. The van der Waals surface area contributed by atoms with Gasteiger partial charge >= 0.3 is 11.6 Å². The Morgan fingerprint density at radius 2 is 1.81 bits per heavy atom. The highest BCUT2D eigenvalue weighted by atomic mass is 16.5. The molecule has 0 aliphatic carbocycles. The molecule has 2 heterocycles. The van der Waals surface area contributed by atoms with Crippen LogP contribution < -0.4 is 10.5 Å². The molecule has 0 amide bonds. The Labute approximate surface area is 186 Å². The maximum Gasteiger partial charge on any atom is 0.336 e. The van der Waals surface area contributed by atoms with E-state index in [0.29, 0.717) is 28.6 Å². The third-order valence-corrected chi connectivity index (χ3v) is 5.87. The van der Waals surface area contributed by atoms with E-state index in [2.05, 4.69) is 41.0 Å². The highest BCUT2D eigenvalue weighted by Gasteiger charge is 2.21. The van der Waals surface area contributed by atoms with Crippen LogP contribution in [0.5, 0.6) is 5.75 Å². The van der Waals surface area contributed by atoms with Crippen molar-refractivity contribution in [2.45, 2.75) is 26.8 Å². The Kier molecular flexibility index (Phi) is 6.46. The number of esters is 1. The standard InChI is InChI=1S/C25H28N2O5/c1-3-31-23(29)14-18-15-24(30)32-25-20(18)8-9-22(28)21(25)16-26-10-12-27(13-11-26)19-6-4-17(2)5-7-19/h4-9,15,28H,3,10-14,16H2,1-2H3. The molecule has 1 fully saturated rings. The summed E-state index contributed by atoms with van der Waals surface area (Å²) >= 11 is 0. The van der Waals surface area contributed by atoms with Gasteiger partial charge in [-0.1, -0.05) is 17.7 Å². The number of benzene rings is 2. The van der Waals surface area contributed by atoms with Gasteiger partial charge in [-0.2, -0.15) is 0 Å². The van der Waals surface area contributed by atoms with E-state index < -0.39 is 11.6 Å². The van der Waals surface area contributed by atoms with Crippen LogP contribution in [0, 0.1) is 6.92 Å². The summed E-state index contributed by atoms with van der Waals surface area (Å²) in [5.41, 5.74) is 3.33. The minimum absolute atomic E-state index is 0.0185. The first kappa shape index (κ1) is 21.9. The molecule has 3 aromatic rings. The van der Waals surface area contributed by atoms with Crippen LogP contribution in [0.25, 0.3) is 11.0 Å². The molecule has 32 heavy (non-hydrogen) atoms. The van der Waals surface area contributed by atoms with E-state index in [9.17, 15) is 14.7 Å². The van der Waals surface area contributed by atoms with Crippen LogP contribution in [0.15, 0.2) is 51.7 Å². The van der Waals surface area contributed by atoms with Gasteiger partial charge in [-0.3, -0.25) is 9.69 Å². The molecule has 0 unspecified atom stereocenters. The van der Waals surface area contributed by atoms with Crippen LogP contribution in [-0.2, 0) is 22.5 Å². The van der Waals surface area contributed by atoms with Gasteiger partial charge in [0.2, 0.25) is 0 Å². The van der Waals surface area contributed by atoms with E-state index in [1.165, 1.54) is 17.3 Å². The van der Waals surface area contributed by atoms with Crippen molar-refractivity contribution in [1.82, 2.24) is 4.90 Å². The molecular weight excluding hydrogens is 408 g/mol. The van der Waals surface area contributed by atoms with Crippen molar-refractivity contribution in [2.24, 2.45) is 0 Å². The summed E-state index contributed by atoms with van der Waals surface area (Å²) in [5.74, 6) is -0.323. The summed E-state index contributed by atoms with van der Waals surface area (Å²) in [7, 11) is 0. The van der Waals surface area contributed by atoms with Gasteiger partial charge in [0.1, 0.15) is 11.3 Å².